The smallest absolute Gasteiger partial charge is 0.253 e. The van der Waals surface area contributed by atoms with Crippen molar-refractivity contribution in [1.82, 2.24) is 4.90 Å². The van der Waals surface area contributed by atoms with Crippen LogP contribution >= 0.6 is 11.6 Å². The minimum atomic E-state index is -0.138. The number of hydrogen-bond acceptors (Lipinski definition) is 2. The van der Waals surface area contributed by atoms with Crippen LogP contribution in [0.5, 0.6) is 0 Å². The third kappa shape index (κ3) is 2.80. The zero-order valence-corrected chi connectivity index (χ0v) is 9.41. The first kappa shape index (κ1) is 11.7. The Labute approximate surface area is 93.6 Å². The van der Waals surface area contributed by atoms with Gasteiger partial charge in [0.25, 0.3) is 5.91 Å². The van der Waals surface area contributed by atoms with Crippen molar-refractivity contribution >= 4 is 23.3 Å². The maximum absolute atomic E-state index is 11.5. The molecule has 1 rings (SSSR count). The first-order valence-electron chi connectivity index (χ1n) is 4.47. The number of alkyl halides is 1. The predicted octanol–water partition coefficient (Wildman–Crippen LogP) is 1.81. The summed E-state index contributed by atoms with van der Waals surface area (Å²) in [5.74, 6) is -0.263. The molecular formula is C11H12ClNO2. The second-order valence-corrected chi connectivity index (χ2v) is 3.60. The van der Waals surface area contributed by atoms with Crippen molar-refractivity contribution in [2.24, 2.45) is 0 Å². The lowest BCUT2D eigenvalue weighted by Crippen LogP contribution is -2.21. The number of nitrogens with zero attached hydrogens (tertiary/aromatic N) is 1. The van der Waals surface area contributed by atoms with Crippen molar-refractivity contribution in [3.05, 3.63) is 35.4 Å². The van der Waals surface area contributed by atoms with Crippen LogP contribution in [0.15, 0.2) is 24.3 Å². The summed E-state index contributed by atoms with van der Waals surface area (Å²) in [5.41, 5.74) is 1.09. The Morgan fingerprint density at radius 1 is 1.13 bits per heavy atom. The van der Waals surface area contributed by atoms with Crippen molar-refractivity contribution in [2.75, 3.05) is 20.0 Å². The van der Waals surface area contributed by atoms with Crippen LogP contribution in [-0.4, -0.2) is 36.6 Å². The second-order valence-electron chi connectivity index (χ2n) is 3.33. The summed E-state index contributed by atoms with van der Waals surface area (Å²) in [6.45, 7) is 0. The standard InChI is InChI=1S/C11H12ClNO2/c1-13(2)11(15)9-5-3-8(4-6-9)10(14)7-12/h3-6H,7H2,1-2H3. The molecule has 15 heavy (non-hydrogen) atoms. The van der Waals surface area contributed by atoms with E-state index >= 15 is 0 Å². The Kier molecular flexibility index (Phi) is 3.86. The number of rotatable bonds is 3. The minimum absolute atomic E-state index is 0.0407. The highest BCUT2D eigenvalue weighted by Gasteiger charge is 2.09. The van der Waals surface area contributed by atoms with Gasteiger partial charge in [0.2, 0.25) is 0 Å². The van der Waals surface area contributed by atoms with E-state index in [0.29, 0.717) is 11.1 Å². The fraction of sp³-hybridized carbons (Fsp3) is 0.273. The molecule has 0 aliphatic rings. The Morgan fingerprint density at radius 2 is 1.60 bits per heavy atom. The molecule has 0 heterocycles. The molecule has 0 aliphatic carbocycles. The maximum Gasteiger partial charge on any atom is 0.253 e. The molecule has 0 aliphatic heterocycles. The second kappa shape index (κ2) is 4.94. The number of carbonyl (C=O) groups excluding carboxylic acids is 2. The van der Waals surface area contributed by atoms with Gasteiger partial charge in [-0.15, -0.1) is 11.6 Å². The van der Waals surface area contributed by atoms with Crippen molar-refractivity contribution in [1.29, 1.82) is 0 Å². The Balaban J connectivity index is 2.90. The van der Waals surface area contributed by atoms with Gasteiger partial charge in [-0.2, -0.15) is 0 Å². The zero-order valence-electron chi connectivity index (χ0n) is 8.66. The zero-order chi connectivity index (χ0) is 11.4. The summed E-state index contributed by atoms with van der Waals surface area (Å²) in [6, 6.07) is 6.48. The molecule has 0 spiro atoms. The lowest BCUT2D eigenvalue weighted by molar-refractivity contribution is 0.0827. The van der Waals surface area contributed by atoms with E-state index in [2.05, 4.69) is 0 Å². The molecule has 0 saturated heterocycles. The van der Waals surface area contributed by atoms with E-state index in [1.807, 2.05) is 0 Å². The number of ketones is 1. The van der Waals surface area contributed by atoms with Gasteiger partial charge in [0.15, 0.2) is 5.78 Å². The third-order valence-electron chi connectivity index (χ3n) is 1.98. The first-order chi connectivity index (χ1) is 7.06. The van der Waals surface area contributed by atoms with E-state index < -0.39 is 0 Å². The number of halogens is 1. The number of carbonyl (C=O) groups is 2. The lowest BCUT2D eigenvalue weighted by Gasteiger charge is -2.09. The topological polar surface area (TPSA) is 37.4 Å². The minimum Gasteiger partial charge on any atom is -0.345 e. The maximum atomic E-state index is 11.5. The van der Waals surface area contributed by atoms with Gasteiger partial charge in [0.1, 0.15) is 0 Å². The van der Waals surface area contributed by atoms with Gasteiger partial charge in [-0.3, -0.25) is 9.59 Å². The molecule has 3 nitrogen and oxygen atoms in total. The van der Waals surface area contributed by atoms with Crippen LogP contribution in [0.25, 0.3) is 0 Å². The molecule has 80 valence electrons. The van der Waals surface area contributed by atoms with Crippen LogP contribution in [0, 0.1) is 0 Å². The van der Waals surface area contributed by atoms with Gasteiger partial charge in [0.05, 0.1) is 5.88 Å². The SMILES string of the molecule is CN(C)C(=O)c1ccc(C(=O)CCl)cc1. The molecule has 1 amide bonds. The molecule has 0 unspecified atom stereocenters. The quantitative estimate of drug-likeness (QED) is 0.581. The van der Waals surface area contributed by atoms with Crippen molar-refractivity contribution in [3.63, 3.8) is 0 Å². The van der Waals surface area contributed by atoms with Crippen molar-refractivity contribution in [3.8, 4) is 0 Å². The summed E-state index contributed by atoms with van der Waals surface area (Å²) in [4.78, 5) is 24.2. The summed E-state index contributed by atoms with van der Waals surface area (Å²) < 4.78 is 0. The molecule has 0 N–H and O–H groups in total. The van der Waals surface area contributed by atoms with Gasteiger partial charge in [-0.1, -0.05) is 12.1 Å². The molecule has 0 aromatic heterocycles. The molecule has 0 atom stereocenters. The van der Waals surface area contributed by atoms with Crippen LogP contribution in [-0.2, 0) is 0 Å². The highest BCUT2D eigenvalue weighted by atomic mass is 35.5. The fourth-order valence-electron chi connectivity index (χ4n) is 1.13. The van der Waals surface area contributed by atoms with E-state index in [1.165, 1.54) is 4.90 Å². The Morgan fingerprint density at radius 3 is 2.00 bits per heavy atom. The van der Waals surface area contributed by atoms with Crippen LogP contribution in [0.4, 0.5) is 0 Å². The van der Waals surface area contributed by atoms with Crippen molar-refractivity contribution in [2.45, 2.75) is 0 Å². The van der Waals surface area contributed by atoms with E-state index in [4.69, 9.17) is 11.6 Å². The number of amides is 1. The normalized spacial score (nSPS) is 9.80. The van der Waals surface area contributed by atoms with Crippen LogP contribution in [0.1, 0.15) is 20.7 Å². The molecular weight excluding hydrogens is 214 g/mol. The van der Waals surface area contributed by atoms with Gasteiger partial charge >= 0.3 is 0 Å². The monoisotopic (exact) mass is 225 g/mol. The Hall–Kier alpha value is -1.35. The molecule has 0 radical (unpaired) electrons. The van der Waals surface area contributed by atoms with Gasteiger partial charge < -0.3 is 4.90 Å². The summed E-state index contributed by atoms with van der Waals surface area (Å²) >= 11 is 5.41. The van der Waals surface area contributed by atoms with E-state index in [0.717, 1.165) is 0 Å². The largest absolute Gasteiger partial charge is 0.345 e. The molecule has 4 heteroatoms. The molecule has 0 bridgehead atoms. The average molecular weight is 226 g/mol. The summed E-state index contributed by atoms with van der Waals surface area (Å²) in [5, 5.41) is 0. The van der Waals surface area contributed by atoms with Crippen LogP contribution < -0.4 is 0 Å². The van der Waals surface area contributed by atoms with Crippen LogP contribution in [0.2, 0.25) is 0 Å². The fourth-order valence-corrected chi connectivity index (χ4v) is 1.29. The van der Waals surface area contributed by atoms with E-state index in [1.54, 1.807) is 38.4 Å². The van der Waals surface area contributed by atoms with Gasteiger partial charge in [0, 0.05) is 25.2 Å². The molecule has 1 aromatic rings. The van der Waals surface area contributed by atoms with Crippen LogP contribution in [0.3, 0.4) is 0 Å². The summed E-state index contributed by atoms with van der Waals surface area (Å²) in [7, 11) is 3.36. The van der Waals surface area contributed by atoms with Gasteiger partial charge in [-0.05, 0) is 12.1 Å². The van der Waals surface area contributed by atoms with Gasteiger partial charge in [-0.25, -0.2) is 0 Å². The third-order valence-corrected chi connectivity index (χ3v) is 2.22. The lowest BCUT2D eigenvalue weighted by atomic mass is 10.1. The summed E-state index contributed by atoms with van der Waals surface area (Å²) in [6.07, 6.45) is 0. The average Bonchev–Trinajstić information content (AvgIpc) is 2.27. The highest BCUT2D eigenvalue weighted by molar-refractivity contribution is 6.30. The number of benzene rings is 1. The van der Waals surface area contributed by atoms with E-state index in [9.17, 15) is 9.59 Å². The Bertz CT molecular complexity index is 371. The number of Topliss-reactive ketones (excluding diaryl/α,β-unsaturated/α-hetero) is 1. The highest BCUT2D eigenvalue weighted by Crippen LogP contribution is 2.07. The van der Waals surface area contributed by atoms with Crippen molar-refractivity contribution < 1.29 is 9.59 Å². The molecule has 0 fully saturated rings. The molecule has 0 saturated carbocycles. The first-order valence-corrected chi connectivity index (χ1v) is 5.00. The van der Waals surface area contributed by atoms with E-state index in [-0.39, 0.29) is 17.6 Å². The predicted molar refractivity (Wildman–Crippen MR) is 59.5 cm³/mol. The molecule has 1 aromatic carbocycles. The number of hydrogen-bond donors (Lipinski definition) is 0.